The van der Waals surface area contributed by atoms with E-state index >= 15 is 0 Å². The Labute approximate surface area is 204 Å². The Balaban J connectivity index is 1.84. The van der Waals surface area contributed by atoms with E-state index in [0.717, 1.165) is 10.5 Å². The maximum absolute atomic E-state index is 13.3. The van der Waals surface area contributed by atoms with Crippen LogP contribution in [0, 0.1) is 5.41 Å². The second kappa shape index (κ2) is 9.85. The summed E-state index contributed by atoms with van der Waals surface area (Å²) in [5.74, 6) is -1.07. The van der Waals surface area contributed by atoms with E-state index in [2.05, 4.69) is 0 Å². The van der Waals surface area contributed by atoms with Crippen molar-refractivity contribution in [3.05, 3.63) is 59.1 Å². The number of sulfonamides is 1. The molecule has 34 heavy (non-hydrogen) atoms. The van der Waals surface area contributed by atoms with Gasteiger partial charge >= 0.3 is 0 Å². The highest BCUT2D eigenvalue weighted by Crippen LogP contribution is 2.29. The summed E-state index contributed by atoms with van der Waals surface area (Å²) < 4.78 is 23.0. The molecule has 0 aliphatic carbocycles. The minimum Gasteiger partial charge on any atom is -0.330 e. The predicted molar refractivity (Wildman–Crippen MR) is 130 cm³/mol. The first-order valence-electron chi connectivity index (χ1n) is 10.8. The third-order valence-corrected chi connectivity index (χ3v) is 6.66. The number of halogens is 1. The van der Waals surface area contributed by atoms with Gasteiger partial charge in [-0.1, -0.05) is 44.5 Å². The van der Waals surface area contributed by atoms with Gasteiger partial charge in [0.1, 0.15) is 6.04 Å². The lowest BCUT2D eigenvalue weighted by Crippen LogP contribution is -2.47. The fourth-order valence-corrected chi connectivity index (χ4v) is 4.47. The van der Waals surface area contributed by atoms with E-state index < -0.39 is 22.0 Å². The number of carbonyl (C=O) groups excluding carboxylic acids is 3. The number of rotatable bonds is 7. The van der Waals surface area contributed by atoms with Gasteiger partial charge in [0.25, 0.3) is 5.91 Å². The second-order valence-electron chi connectivity index (χ2n) is 9.53. The van der Waals surface area contributed by atoms with Gasteiger partial charge in [-0.25, -0.2) is 18.5 Å². The number of hydrogen-bond donors (Lipinski definition) is 1. The summed E-state index contributed by atoms with van der Waals surface area (Å²) in [4.78, 5) is 41.8. The number of nitrogens with zero attached hydrogens (tertiary/aromatic N) is 2. The maximum atomic E-state index is 13.3. The minimum atomic E-state index is -3.81. The van der Waals surface area contributed by atoms with Gasteiger partial charge in [0.2, 0.25) is 21.8 Å². The number of carbonyl (C=O) groups is 3. The number of anilines is 1. The molecule has 0 spiro atoms. The van der Waals surface area contributed by atoms with Crippen molar-refractivity contribution < 1.29 is 22.8 Å². The Morgan fingerprint density at radius 2 is 1.68 bits per heavy atom. The maximum Gasteiger partial charge on any atom is 0.257 e. The monoisotopic (exact) mass is 505 g/mol. The molecule has 1 atom stereocenters. The fourth-order valence-electron chi connectivity index (χ4n) is 3.83. The topological polar surface area (TPSA) is 118 Å². The summed E-state index contributed by atoms with van der Waals surface area (Å²) in [5, 5.41) is 5.63. The number of amides is 3. The molecule has 182 valence electrons. The summed E-state index contributed by atoms with van der Waals surface area (Å²) in [6, 6.07) is 11.5. The van der Waals surface area contributed by atoms with Crippen LogP contribution >= 0.6 is 11.6 Å². The lowest BCUT2D eigenvalue weighted by molar-refractivity contribution is -0.139. The normalized spacial score (nSPS) is 16.7. The van der Waals surface area contributed by atoms with Gasteiger partial charge in [-0.05, 0) is 53.8 Å². The second-order valence-corrected chi connectivity index (χ2v) is 11.5. The lowest BCUT2D eigenvalue weighted by atomic mass is 9.91. The molecule has 0 bridgehead atoms. The zero-order valence-electron chi connectivity index (χ0n) is 19.3. The van der Waals surface area contributed by atoms with Crippen molar-refractivity contribution in [2.24, 2.45) is 10.6 Å². The van der Waals surface area contributed by atoms with E-state index in [1.807, 2.05) is 20.8 Å². The third kappa shape index (κ3) is 6.22. The molecule has 3 rings (SSSR count). The Bertz CT molecular complexity index is 1190. The number of nitrogens with two attached hydrogens (primary N) is 1. The molecule has 1 fully saturated rings. The standard InChI is InChI=1S/C24H28ClN3O5S/c1-24(2,3)15-22(30)27(13-12-16-4-10-19(11-5-16)34(26,32)33)20-14-21(29)28(23(20)31)18-8-6-17(25)7-9-18/h4-11,20H,12-15H2,1-3H3,(H2,26,32,33). The Morgan fingerprint density at radius 3 is 2.21 bits per heavy atom. The van der Waals surface area contributed by atoms with Crippen LogP contribution in [0.4, 0.5) is 5.69 Å². The molecule has 0 radical (unpaired) electrons. The van der Waals surface area contributed by atoms with Crippen LogP contribution in [-0.2, 0) is 30.8 Å². The van der Waals surface area contributed by atoms with E-state index in [0.29, 0.717) is 17.1 Å². The third-order valence-electron chi connectivity index (χ3n) is 5.48. The van der Waals surface area contributed by atoms with E-state index in [4.69, 9.17) is 16.7 Å². The molecule has 2 aromatic carbocycles. The Hall–Kier alpha value is -2.75. The highest BCUT2D eigenvalue weighted by atomic mass is 35.5. The first-order chi connectivity index (χ1) is 15.8. The lowest BCUT2D eigenvalue weighted by Gasteiger charge is -2.30. The summed E-state index contributed by atoms with van der Waals surface area (Å²) in [5.41, 5.74) is 0.865. The van der Waals surface area contributed by atoms with Crippen molar-refractivity contribution in [3.63, 3.8) is 0 Å². The number of imide groups is 1. The van der Waals surface area contributed by atoms with Gasteiger partial charge in [-0.15, -0.1) is 0 Å². The molecule has 2 N–H and O–H groups in total. The summed E-state index contributed by atoms with van der Waals surface area (Å²) in [7, 11) is -3.81. The molecule has 8 nitrogen and oxygen atoms in total. The van der Waals surface area contributed by atoms with Gasteiger partial charge < -0.3 is 4.90 Å². The largest absolute Gasteiger partial charge is 0.330 e. The van der Waals surface area contributed by atoms with Gasteiger partial charge in [-0.3, -0.25) is 14.4 Å². The van der Waals surface area contributed by atoms with Gasteiger partial charge in [0, 0.05) is 18.0 Å². The molecule has 1 aliphatic heterocycles. The van der Waals surface area contributed by atoms with Crippen LogP contribution in [-0.4, -0.2) is 43.6 Å². The van der Waals surface area contributed by atoms with E-state index in [-0.39, 0.29) is 41.5 Å². The smallest absolute Gasteiger partial charge is 0.257 e. The number of hydrogen-bond acceptors (Lipinski definition) is 5. The van der Waals surface area contributed by atoms with E-state index in [9.17, 15) is 22.8 Å². The van der Waals surface area contributed by atoms with Crippen LogP contribution in [0.2, 0.25) is 5.02 Å². The van der Waals surface area contributed by atoms with Crippen LogP contribution in [0.25, 0.3) is 0 Å². The molecule has 0 aromatic heterocycles. The molecule has 1 unspecified atom stereocenters. The van der Waals surface area contributed by atoms with E-state index in [1.165, 1.54) is 17.0 Å². The van der Waals surface area contributed by atoms with Crippen molar-refractivity contribution in [2.75, 3.05) is 11.4 Å². The summed E-state index contributed by atoms with van der Waals surface area (Å²) >= 11 is 5.93. The molecule has 1 aliphatic rings. The fraction of sp³-hybridized carbons (Fsp3) is 0.375. The first kappa shape index (κ1) is 25.9. The highest BCUT2D eigenvalue weighted by molar-refractivity contribution is 7.89. The van der Waals surface area contributed by atoms with Crippen molar-refractivity contribution in [3.8, 4) is 0 Å². The molecule has 2 aromatic rings. The van der Waals surface area contributed by atoms with Crippen LogP contribution in [0.5, 0.6) is 0 Å². The van der Waals surface area contributed by atoms with Gasteiger partial charge in [0.05, 0.1) is 17.0 Å². The number of primary sulfonamides is 1. The zero-order chi connectivity index (χ0) is 25.3. The SMILES string of the molecule is CC(C)(C)CC(=O)N(CCc1ccc(S(N)(=O)=O)cc1)C1CC(=O)N(c2ccc(Cl)cc2)C1=O. The highest BCUT2D eigenvalue weighted by Gasteiger charge is 2.44. The van der Waals surface area contributed by atoms with Crippen LogP contribution in [0.15, 0.2) is 53.4 Å². The quantitative estimate of drug-likeness (QED) is 0.580. The number of benzene rings is 2. The van der Waals surface area contributed by atoms with Crippen molar-refractivity contribution in [2.45, 2.75) is 51.0 Å². The molecular formula is C24H28ClN3O5S. The molecule has 1 saturated heterocycles. The zero-order valence-corrected chi connectivity index (χ0v) is 20.9. The van der Waals surface area contributed by atoms with Crippen LogP contribution in [0.3, 0.4) is 0 Å². The predicted octanol–water partition coefficient (Wildman–Crippen LogP) is 3.13. The average Bonchev–Trinajstić information content (AvgIpc) is 3.01. The van der Waals surface area contributed by atoms with Gasteiger partial charge in [0.15, 0.2) is 0 Å². The minimum absolute atomic E-state index is 0.00733. The summed E-state index contributed by atoms with van der Waals surface area (Å²) in [6.45, 7) is 5.98. The molecule has 3 amide bonds. The van der Waals surface area contributed by atoms with Gasteiger partial charge in [-0.2, -0.15) is 0 Å². The molecule has 10 heteroatoms. The molecule has 0 saturated carbocycles. The Morgan fingerprint density at radius 1 is 1.09 bits per heavy atom. The van der Waals surface area contributed by atoms with Crippen LogP contribution in [0.1, 0.15) is 39.2 Å². The molecular weight excluding hydrogens is 478 g/mol. The Kier molecular flexibility index (Phi) is 7.50. The molecule has 1 heterocycles. The average molecular weight is 506 g/mol. The summed E-state index contributed by atoms with van der Waals surface area (Å²) in [6.07, 6.45) is 0.470. The van der Waals surface area contributed by atoms with Crippen molar-refractivity contribution >= 4 is 45.0 Å². The van der Waals surface area contributed by atoms with Crippen molar-refractivity contribution in [1.82, 2.24) is 4.90 Å². The van der Waals surface area contributed by atoms with Crippen LogP contribution < -0.4 is 10.0 Å². The van der Waals surface area contributed by atoms with Crippen molar-refractivity contribution in [1.29, 1.82) is 0 Å². The van der Waals surface area contributed by atoms with E-state index in [1.54, 1.807) is 36.4 Å². The first-order valence-corrected chi connectivity index (χ1v) is 12.7.